The number of rotatable bonds is 4. The molecule has 0 radical (unpaired) electrons. The summed E-state index contributed by atoms with van der Waals surface area (Å²) in [6, 6.07) is 22.7. The predicted molar refractivity (Wildman–Crippen MR) is 139 cm³/mol. The van der Waals surface area contributed by atoms with E-state index in [1.54, 1.807) is 0 Å². The predicted octanol–water partition coefficient (Wildman–Crippen LogP) is 4.53. The normalized spacial score (nSPS) is 28.8. The van der Waals surface area contributed by atoms with Crippen LogP contribution in [0.3, 0.4) is 0 Å². The van der Waals surface area contributed by atoms with Crippen molar-refractivity contribution in [1.82, 2.24) is 14.5 Å². The molecule has 0 fully saturated rings. The molecule has 5 nitrogen and oxygen atoms in total. The highest BCUT2D eigenvalue weighted by Crippen LogP contribution is 2.34. The summed E-state index contributed by atoms with van der Waals surface area (Å²) in [5, 5.41) is 4.04. The third-order valence-electron chi connectivity index (χ3n) is 8.71. The summed E-state index contributed by atoms with van der Waals surface area (Å²) < 4.78 is 9.76. The molecule has 0 amide bonds. The number of aryl methyl sites for hydroxylation is 2. The first kappa shape index (κ1) is 21.8. The zero-order valence-electron chi connectivity index (χ0n) is 21.2. The van der Waals surface area contributed by atoms with Crippen molar-refractivity contribution < 1.29 is 9.13 Å². The second kappa shape index (κ2) is 8.04. The first-order valence-electron chi connectivity index (χ1n) is 13.3. The molecule has 5 heterocycles. The first-order valence-corrected chi connectivity index (χ1v) is 13.3. The number of imidazole rings is 2. The van der Waals surface area contributed by atoms with E-state index in [2.05, 4.69) is 135 Å². The minimum absolute atomic E-state index is 0.208. The summed E-state index contributed by atoms with van der Waals surface area (Å²) >= 11 is 0. The van der Waals surface area contributed by atoms with Crippen LogP contribution in [-0.2, 0) is 24.2 Å². The molecule has 0 saturated heterocycles. The summed E-state index contributed by atoms with van der Waals surface area (Å²) in [5.41, 5.74) is 5.12. The molecule has 5 heteroatoms. The number of benzene rings is 2. The Kier molecular flexibility index (Phi) is 4.87. The van der Waals surface area contributed by atoms with E-state index in [0.717, 1.165) is 19.3 Å². The van der Waals surface area contributed by atoms with Gasteiger partial charge in [0.15, 0.2) is 11.3 Å². The summed E-state index contributed by atoms with van der Waals surface area (Å²) in [5.74, 6) is 0. The Labute approximate surface area is 213 Å². The van der Waals surface area contributed by atoms with Crippen LogP contribution in [0.15, 0.2) is 97.9 Å². The van der Waals surface area contributed by atoms with Crippen LogP contribution in [0.5, 0.6) is 0 Å². The highest BCUT2D eigenvalue weighted by Gasteiger charge is 2.46. The molecule has 0 spiro atoms. The van der Waals surface area contributed by atoms with Gasteiger partial charge < -0.3 is 0 Å². The SMILES string of the molecule is C[C@@]1([n+]2cc3n(c2)C(c2ccccc2)CC3)C=CC[C@@](C)([n+]2cc3n(c2)C(c2ccccc2)CC3)N1. The van der Waals surface area contributed by atoms with Crippen molar-refractivity contribution in [2.75, 3.05) is 0 Å². The summed E-state index contributed by atoms with van der Waals surface area (Å²) in [6.45, 7) is 4.63. The Bertz CT molecular complexity index is 1430. The molecule has 3 aliphatic rings. The fourth-order valence-electron chi connectivity index (χ4n) is 6.74. The van der Waals surface area contributed by atoms with Gasteiger partial charge in [-0.1, -0.05) is 66.7 Å². The van der Waals surface area contributed by atoms with Crippen molar-refractivity contribution in [2.24, 2.45) is 0 Å². The molecule has 7 rings (SSSR count). The molecule has 4 aromatic rings. The van der Waals surface area contributed by atoms with Gasteiger partial charge in [0.2, 0.25) is 12.7 Å². The van der Waals surface area contributed by atoms with Crippen LogP contribution in [0.25, 0.3) is 0 Å². The average molecular weight is 478 g/mol. The van der Waals surface area contributed by atoms with E-state index in [1.807, 2.05) is 0 Å². The Hall–Kier alpha value is -3.44. The lowest BCUT2D eigenvalue weighted by molar-refractivity contribution is -0.806. The fourth-order valence-corrected chi connectivity index (χ4v) is 6.74. The van der Waals surface area contributed by atoms with Gasteiger partial charge >= 0.3 is 0 Å². The van der Waals surface area contributed by atoms with Gasteiger partial charge in [0, 0.05) is 32.1 Å². The van der Waals surface area contributed by atoms with Gasteiger partial charge in [-0.3, -0.25) is 0 Å². The Morgan fingerprint density at radius 3 is 1.86 bits per heavy atom. The van der Waals surface area contributed by atoms with Crippen molar-refractivity contribution in [1.29, 1.82) is 0 Å². The van der Waals surface area contributed by atoms with E-state index in [9.17, 15) is 0 Å². The lowest BCUT2D eigenvalue weighted by Crippen LogP contribution is -2.74. The standard InChI is InChI=1S/C31H35N5/c1-30(33-20-26-14-16-28(35(26)22-33)24-10-5-3-6-11-24)18-9-19-31(2,32-30)34-21-27-15-17-29(36(27)23-34)25-12-7-4-8-13-25/h3-13,18,20-23,28-29,32H,14-17,19H2,1-2H3/q+2/t28?,29?,30-,31-/m1/s1. The molecule has 3 aliphatic heterocycles. The monoisotopic (exact) mass is 477 g/mol. The fraction of sp³-hybridized carbons (Fsp3) is 0.355. The van der Waals surface area contributed by atoms with Crippen molar-refractivity contribution >= 4 is 0 Å². The first-order chi connectivity index (χ1) is 17.5. The molecule has 0 aliphatic carbocycles. The molecular formula is C31H35N5+2. The third kappa shape index (κ3) is 3.40. The summed E-state index contributed by atoms with van der Waals surface area (Å²) in [7, 11) is 0. The Morgan fingerprint density at radius 1 is 0.750 bits per heavy atom. The molecule has 0 saturated carbocycles. The van der Waals surface area contributed by atoms with Gasteiger partial charge in [-0.05, 0) is 31.1 Å². The molecular weight excluding hydrogens is 442 g/mol. The molecule has 36 heavy (non-hydrogen) atoms. The lowest BCUT2D eigenvalue weighted by Gasteiger charge is -2.38. The highest BCUT2D eigenvalue weighted by atomic mass is 15.4. The summed E-state index contributed by atoms with van der Waals surface area (Å²) in [6.07, 6.45) is 19.6. The van der Waals surface area contributed by atoms with Crippen LogP contribution in [-0.4, -0.2) is 9.13 Å². The van der Waals surface area contributed by atoms with Crippen LogP contribution < -0.4 is 14.5 Å². The van der Waals surface area contributed by atoms with Crippen LogP contribution in [0.4, 0.5) is 0 Å². The number of nitrogens with one attached hydrogen (secondary N) is 1. The smallest absolute Gasteiger partial charge is 0.231 e. The maximum atomic E-state index is 4.04. The topological polar surface area (TPSA) is 29.6 Å². The van der Waals surface area contributed by atoms with E-state index >= 15 is 0 Å². The van der Waals surface area contributed by atoms with E-state index < -0.39 is 0 Å². The van der Waals surface area contributed by atoms with Gasteiger partial charge in [0.25, 0.3) is 0 Å². The molecule has 182 valence electrons. The van der Waals surface area contributed by atoms with Crippen molar-refractivity contribution in [3.63, 3.8) is 0 Å². The minimum Gasteiger partial charge on any atom is -0.231 e. The van der Waals surface area contributed by atoms with E-state index in [1.165, 1.54) is 35.4 Å². The van der Waals surface area contributed by atoms with E-state index in [0.29, 0.717) is 12.1 Å². The van der Waals surface area contributed by atoms with Gasteiger partial charge in [-0.15, -0.1) is 0 Å². The van der Waals surface area contributed by atoms with Crippen molar-refractivity contribution in [2.45, 2.75) is 69.4 Å². The van der Waals surface area contributed by atoms with E-state index in [-0.39, 0.29) is 11.3 Å². The van der Waals surface area contributed by atoms with Crippen molar-refractivity contribution in [3.8, 4) is 0 Å². The largest absolute Gasteiger partial charge is 0.246 e. The minimum atomic E-state index is -0.302. The molecule has 1 N–H and O–H groups in total. The summed E-state index contributed by atoms with van der Waals surface area (Å²) in [4.78, 5) is 0. The molecule has 2 aromatic carbocycles. The second-order valence-corrected chi connectivity index (χ2v) is 11.2. The number of aromatic nitrogens is 4. The quantitative estimate of drug-likeness (QED) is 0.340. The van der Waals surface area contributed by atoms with Gasteiger partial charge in [0.05, 0.1) is 0 Å². The number of fused-ring (bicyclic) bond motifs is 2. The van der Waals surface area contributed by atoms with Crippen LogP contribution in [0, 0.1) is 0 Å². The van der Waals surface area contributed by atoms with Gasteiger partial charge in [0.1, 0.15) is 35.9 Å². The second-order valence-electron chi connectivity index (χ2n) is 11.2. The lowest BCUT2D eigenvalue weighted by atomic mass is 9.97. The maximum Gasteiger partial charge on any atom is 0.246 e. The van der Waals surface area contributed by atoms with Crippen LogP contribution >= 0.6 is 0 Å². The molecule has 4 atom stereocenters. The number of hydrogen-bond donors (Lipinski definition) is 1. The molecule has 2 unspecified atom stereocenters. The Morgan fingerprint density at radius 2 is 1.28 bits per heavy atom. The van der Waals surface area contributed by atoms with Crippen molar-refractivity contribution in [3.05, 3.63) is 120 Å². The highest BCUT2D eigenvalue weighted by molar-refractivity contribution is 5.24. The zero-order chi connectivity index (χ0) is 24.3. The molecule has 2 aromatic heterocycles. The van der Waals surface area contributed by atoms with Crippen LogP contribution in [0.1, 0.15) is 67.7 Å². The van der Waals surface area contributed by atoms with Gasteiger partial charge in [-0.2, -0.15) is 0 Å². The maximum absolute atomic E-state index is 4.04. The zero-order valence-corrected chi connectivity index (χ0v) is 21.2. The van der Waals surface area contributed by atoms with E-state index in [4.69, 9.17) is 0 Å². The molecule has 0 bridgehead atoms. The number of hydrogen-bond acceptors (Lipinski definition) is 1. The average Bonchev–Trinajstić information content (AvgIpc) is 3.65. The van der Waals surface area contributed by atoms with Gasteiger partial charge in [-0.25, -0.2) is 23.6 Å². The third-order valence-corrected chi connectivity index (χ3v) is 8.71. The van der Waals surface area contributed by atoms with Crippen LogP contribution in [0.2, 0.25) is 0 Å². The number of nitrogens with zero attached hydrogens (tertiary/aromatic N) is 4. The Balaban J connectivity index is 1.19.